The van der Waals surface area contributed by atoms with Gasteiger partial charge in [-0.1, -0.05) is 12.1 Å². The lowest BCUT2D eigenvalue weighted by molar-refractivity contribution is -0.128. The van der Waals surface area contributed by atoms with Crippen LogP contribution in [0.3, 0.4) is 0 Å². The van der Waals surface area contributed by atoms with Crippen molar-refractivity contribution in [2.75, 3.05) is 13.2 Å². The summed E-state index contributed by atoms with van der Waals surface area (Å²) >= 11 is 1.52. The fourth-order valence-electron chi connectivity index (χ4n) is 2.20. The summed E-state index contributed by atoms with van der Waals surface area (Å²) in [5.41, 5.74) is 0.976. The zero-order valence-electron chi connectivity index (χ0n) is 16.0. The lowest BCUT2D eigenvalue weighted by Crippen LogP contribution is -2.41. The standard InChI is InChI=1S/C19H23N3O5S/c1-12(2)21-17(23)8-20-18(24)10-27-19(25)15-6-4-5-7-16(15)26-9-14-11-28-13(3)22-14/h4-7,11-12H,8-10H2,1-3H3,(H,20,24)(H,21,23). The third kappa shape index (κ3) is 6.99. The zero-order chi connectivity index (χ0) is 20.5. The van der Waals surface area contributed by atoms with E-state index in [1.165, 1.54) is 11.3 Å². The minimum absolute atomic E-state index is 0.0214. The molecule has 0 aliphatic carbocycles. The van der Waals surface area contributed by atoms with E-state index in [0.29, 0.717) is 5.75 Å². The van der Waals surface area contributed by atoms with Gasteiger partial charge in [0.2, 0.25) is 5.91 Å². The average molecular weight is 405 g/mol. The maximum atomic E-state index is 12.3. The quantitative estimate of drug-likeness (QED) is 0.617. The largest absolute Gasteiger partial charge is 0.486 e. The second-order valence-electron chi connectivity index (χ2n) is 6.22. The predicted molar refractivity (Wildman–Crippen MR) is 104 cm³/mol. The van der Waals surface area contributed by atoms with Crippen LogP contribution in [0.5, 0.6) is 5.75 Å². The zero-order valence-corrected chi connectivity index (χ0v) is 16.8. The molecular weight excluding hydrogens is 382 g/mol. The van der Waals surface area contributed by atoms with Gasteiger partial charge in [0.1, 0.15) is 17.9 Å². The molecule has 150 valence electrons. The van der Waals surface area contributed by atoms with Gasteiger partial charge in [0.15, 0.2) is 6.61 Å². The van der Waals surface area contributed by atoms with Crippen LogP contribution in [0.4, 0.5) is 0 Å². The summed E-state index contributed by atoms with van der Waals surface area (Å²) in [6, 6.07) is 6.59. The van der Waals surface area contributed by atoms with Crippen molar-refractivity contribution in [1.82, 2.24) is 15.6 Å². The Bertz CT molecular complexity index is 834. The smallest absolute Gasteiger partial charge is 0.342 e. The summed E-state index contributed by atoms with van der Waals surface area (Å²) in [5, 5.41) is 7.85. The van der Waals surface area contributed by atoms with Gasteiger partial charge in [0, 0.05) is 11.4 Å². The highest BCUT2D eigenvalue weighted by Gasteiger charge is 2.16. The fourth-order valence-corrected chi connectivity index (χ4v) is 2.80. The Balaban J connectivity index is 1.85. The van der Waals surface area contributed by atoms with Crippen LogP contribution < -0.4 is 15.4 Å². The Labute approximate surface area is 167 Å². The third-order valence-corrected chi connectivity index (χ3v) is 4.20. The second-order valence-corrected chi connectivity index (χ2v) is 7.28. The number of nitrogens with one attached hydrogen (secondary N) is 2. The Hall–Kier alpha value is -2.94. The third-order valence-electron chi connectivity index (χ3n) is 3.38. The number of benzene rings is 1. The summed E-state index contributed by atoms with van der Waals surface area (Å²) in [7, 11) is 0. The highest BCUT2D eigenvalue weighted by Crippen LogP contribution is 2.20. The molecule has 0 saturated heterocycles. The minimum atomic E-state index is -0.688. The lowest BCUT2D eigenvalue weighted by atomic mass is 10.2. The summed E-state index contributed by atoms with van der Waals surface area (Å²) in [6.07, 6.45) is 0. The first-order valence-electron chi connectivity index (χ1n) is 8.71. The van der Waals surface area contributed by atoms with Crippen LogP contribution in [0.15, 0.2) is 29.6 Å². The Morgan fingerprint density at radius 3 is 2.61 bits per heavy atom. The second kappa shape index (κ2) is 10.4. The summed E-state index contributed by atoms with van der Waals surface area (Å²) in [5.74, 6) is -1.23. The minimum Gasteiger partial charge on any atom is -0.486 e. The van der Waals surface area contributed by atoms with Gasteiger partial charge in [-0.2, -0.15) is 0 Å². The number of para-hydroxylation sites is 1. The molecule has 0 radical (unpaired) electrons. The van der Waals surface area contributed by atoms with E-state index in [2.05, 4.69) is 15.6 Å². The number of carbonyl (C=O) groups excluding carboxylic acids is 3. The first-order valence-corrected chi connectivity index (χ1v) is 9.59. The monoisotopic (exact) mass is 405 g/mol. The molecule has 0 unspecified atom stereocenters. The molecule has 1 aromatic heterocycles. The molecule has 1 heterocycles. The van der Waals surface area contributed by atoms with E-state index in [0.717, 1.165) is 10.7 Å². The van der Waals surface area contributed by atoms with Crippen LogP contribution in [0, 0.1) is 6.92 Å². The number of aromatic nitrogens is 1. The molecule has 0 aliphatic rings. The van der Waals surface area contributed by atoms with Gasteiger partial charge < -0.3 is 20.1 Å². The van der Waals surface area contributed by atoms with Crippen molar-refractivity contribution in [1.29, 1.82) is 0 Å². The maximum Gasteiger partial charge on any atom is 0.342 e. The van der Waals surface area contributed by atoms with E-state index >= 15 is 0 Å². The molecule has 1 aromatic carbocycles. The van der Waals surface area contributed by atoms with E-state index in [9.17, 15) is 14.4 Å². The van der Waals surface area contributed by atoms with Gasteiger partial charge in [-0.05, 0) is 32.9 Å². The van der Waals surface area contributed by atoms with E-state index in [1.807, 2.05) is 26.2 Å². The highest BCUT2D eigenvalue weighted by atomic mass is 32.1. The van der Waals surface area contributed by atoms with Crippen LogP contribution in [0.25, 0.3) is 0 Å². The first-order chi connectivity index (χ1) is 13.3. The van der Waals surface area contributed by atoms with Crippen molar-refractivity contribution in [3.05, 3.63) is 45.9 Å². The molecule has 0 saturated carbocycles. The number of hydrogen-bond donors (Lipinski definition) is 2. The van der Waals surface area contributed by atoms with Gasteiger partial charge in [0.25, 0.3) is 5.91 Å². The molecule has 0 spiro atoms. The molecule has 2 amide bonds. The number of amides is 2. The van der Waals surface area contributed by atoms with E-state index < -0.39 is 18.5 Å². The molecular formula is C19H23N3O5S. The number of nitrogens with zero attached hydrogens (tertiary/aromatic N) is 1. The Morgan fingerprint density at radius 2 is 1.93 bits per heavy atom. The predicted octanol–water partition coefficient (Wildman–Crippen LogP) is 1.83. The van der Waals surface area contributed by atoms with Gasteiger partial charge in [-0.25, -0.2) is 9.78 Å². The van der Waals surface area contributed by atoms with Crippen LogP contribution in [0.1, 0.15) is 34.9 Å². The number of hydrogen-bond acceptors (Lipinski definition) is 7. The fraction of sp³-hybridized carbons (Fsp3) is 0.368. The molecule has 0 bridgehead atoms. The Morgan fingerprint density at radius 1 is 1.18 bits per heavy atom. The van der Waals surface area contributed by atoms with Crippen molar-refractivity contribution < 1.29 is 23.9 Å². The van der Waals surface area contributed by atoms with Crippen LogP contribution in [-0.2, 0) is 20.9 Å². The number of rotatable bonds is 9. The molecule has 9 heteroatoms. The van der Waals surface area contributed by atoms with Crippen molar-refractivity contribution in [3.63, 3.8) is 0 Å². The summed E-state index contributed by atoms with van der Waals surface area (Å²) in [4.78, 5) is 39.9. The topological polar surface area (TPSA) is 107 Å². The van der Waals surface area contributed by atoms with Crippen LogP contribution in [-0.4, -0.2) is 42.0 Å². The van der Waals surface area contributed by atoms with Gasteiger partial charge >= 0.3 is 5.97 Å². The highest BCUT2D eigenvalue weighted by molar-refractivity contribution is 7.09. The lowest BCUT2D eigenvalue weighted by Gasteiger charge is -2.11. The maximum absolute atomic E-state index is 12.3. The van der Waals surface area contributed by atoms with Crippen LogP contribution in [0.2, 0.25) is 0 Å². The molecule has 2 N–H and O–H groups in total. The van der Waals surface area contributed by atoms with E-state index in [-0.39, 0.29) is 30.7 Å². The average Bonchev–Trinajstić information content (AvgIpc) is 3.07. The molecule has 8 nitrogen and oxygen atoms in total. The molecule has 0 fully saturated rings. The van der Waals surface area contributed by atoms with Crippen molar-refractivity contribution in [3.8, 4) is 5.75 Å². The molecule has 0 aliphatic heterocycles. The summed E-state index contributed by atoms with van der Waals surface area (Å²) < 4.78 is 10.7. The van der Waals surface area contributed by atoms with Crippen molar-refractivity contribution >= 4 is 29.1 Å². The molecule has 0 atom stereocenters. The normalized spacial score (nSPS) is 10.4. The molecule has 2 aromatic rings. The SMILES string of the molecule is Cc1nc(COc2ccccc2C(=O)OCC(=O)NCC(=O)NC(C)C)cs1. The number of thiazole rings is 1. The van der Waals surface area contributed by atoms with Gasteiger partial charge in [-0.15, -0.1) is 11.3 Å². The van der Waals surface area contributed by atoms with Gasteiger partial charge in [-0.3, -0.25) is 9.59 Å². The van der Waals surface area contributed by atoms with E-state index in [1.54, 1.807) is 24.3 Å². The van der Waals surface area contributed by atoms with Gasteiger partial charge in [0.05, 0.1) is 17.2 Å². The van der Waals surface area contributed by atoms with Crippen molar-refractivity contribution in [2.24, 2.45) is 0 Å². The summed E-state index contributed by atoms with van der Waals surface area (Å²) in [6.45, 7) is 5.08. The first kappa shape index (κ1) is 21.4. The van der Waals surface area contributed by atoms with Crippen LogP contribution >= 0.6 is 11.3 Å². The number of esters is 1. The number of ether oxygens (including phenoxy) is 2. The molecule has 28 heavy (non-hydrogen) atoms. The number of aryl methyl sites for hydroxylation is 1. The number of carbonyl (C=O) groups is 3. The Kier molecular flexibility index (Phi) is 7.94. The molecule has 2 rings (SSSR count). The van der Waals surface area contributed by atoms with E-state index in [4.69, 9.17) is 9.47 Å². The van der Waals surface area contributed by atoms with Crippen molar-refractivity contribution in [2.45, 2.75) is 33.4 Å².